The highest BCUT2D eigenvalue weighted by Gasteiger charge is 2.31. The lowest BCUT2D eigenvalue weighted by atomic mass is 10.1. The molecule has 24 heavy (non-hydrogen) atoms. The van der Waals surface area contributed by atoms with E-state index in [2.05, 4.69) is 35.1 Å². The molecule has 0 spiro atoms. The minimum atomic E-state index is -0.423. The molecule has 136 valence electrons. The molecule has 1 saturated heterocycles. The minimum absolute atomic E-state index is 0.165. The molecule has 1 amide bonds. The number of rotatable bonds is 7. The Hall–Kier alpha value is -1.49. The minimum Gasteiger partial charge on any atom is -0.444 e. The van der Waals surface area contributed by atoms with Gasteiger partial charge in [0.05, 0.1) is 0 Å². The first-order valence-electron chi connectivity index (χ1n) is 9.25. The summed E-state index contributed by atoms with van der Waals surface area (Å²) in [5.74, 6) is 0. The van der Waals surface area contributed by atoms with Crippen LogP contribution >= 0.6 is 0 Å². The van der Waals surface area contributed by atoms with Crippen LogP contribution in [0.4, 0.5) is 4.79 Å². The van der Waals surface area contributed by atoms with E-state index in [0.29, 0.717) is 6.04 Å². The molecule has 1 N–H and O–H groups in total. The van der Waals surface area contributed by atoms with E-state index in [1.165, 1.54) is 5.69 Å². The number of carbonyl (C=O) groups is 1. The van der Waals surface area contributed by atoms with Crippen molar-refractivity contribution in [1.82, 2.24) is 14.8 Å². The van der Waals surface area contributed by atoms with Gasteiger partial charge < -0.3 is 19.5 Å². The number of hydrogen-bond acceptors (Lipinski definition) is 3. The van der Waals surface area contributed by atoms with Crippen LogP contribution in [0.1, 0.15) is 59.1 Å². The topological polar surface area (TPSA) is 46.5 Å². The Morgan fingerprint density at radius 2 is 2.21 bits per heavy atom. The predicted octanol–water partition coefficient (Wildman–Crippen LogP) is 3.78. The molecular weight excluding hydrogens is 302 g/mol. The average molecular weight is 335 g/mol. The number of nitrogens with zero attached hydrogens (tertiary/aromatic N) is 2. The normalized spacial score (nSPS) is 18.2. The Bertz CT molecular complexity index is 519. The van der Waals surface area contributed by atoms with Gasteiger partial charge in [0.1, 0.15) is 5.60 Å². The van der Waals surface area contributed by atoms with Crippen LogP contribution in [0.5, 0.6) is 0 Å². The summed E-state index contributed by atoms with van der Waals surface area (Å²) < 4.78 is 7.82. The van der Waals surface area contributed by atoms with Crippen molar-refractivity contribution in [2.45, 2.75) is 78.1 Å². The second-order valence-corrected chi connectivity index (χ2v) is 7.63. The molecule has 1 atom stereocenters. The van der Waals surface area contributed by atoms with Gasteiger partial charge >= 0.3 is 6.09 Å². The van der Waals surface area contributed by atoms with Crippen LogP contribution in [0.25, 0.3) is 0 Å². The maximum absolute atomic E-state index is 12.3. The first-order valence-corrected chi connectivity index (χ1v) is 9.25. The highest BCUT2D eigenvalue weighted by atomic mass is 16.6. The Labute approximate surface area is 146 Å². The van der Waals surface area contributed by atoms with Crippen molar-refractivity contribution >= 4 is 6.09 Å². The summed E-state index contributed by atoms with van der Waals surface area (Å²) in [5.41, 5.74) is 0.903. The molecule has 1 aliphatic heterocycles. The first-order chi connectivity index (χ1) is 11.4. The van der Waals surface area contributed by atoms with Gasteiger partial charge in [-0.05, 0) is 65.1 Å². The standard InChI is InChI=1S/C19H33N3O2/c1-5-12-21-13-6-9-17(21)15-20-11-10-16-8-7-14-22(16)18(23)24-19(2,3)4/h6,9,13,16,20H,5,7-8,10-12,14-15H2,1-4H3. The number of aryl methyl sites for hydroxylation is 1. The molecule has 1 aromatic heterocycles. The summed E-state index contributed by atoms with van der Waals surface area (Å²) in [6, 6.07) is 4.58. The molecule has 0 aliphatic carbocycles. The third-order valence-electron chi connectivity index (χ3n) is 4.35. The SMILES string of the molecule is CCCn1cccc1CNCCC1CCCN1C(=O)OC(C)(C)C. The maximum atomic E-state index is 12.3. The lowest BCUT2D eigenvalue weighted by Crippen LogP contribution is -2.40. The number of ether oxygens (including phenoxy) is 1. The van der Waals surface area contributed by atoms with E-state index in [-0.39, 0.29) is 6.09 Å². The Morgan fingerprint density at radius 3 is 2.92 bits per heavy atom. The highest BCUT2D eigenvalue weighted by molar-refractivity contribution is 5.68. The molecule has 1 aliphatic rings. The molecule has 0 saturated carbocycles. The summed E-state index contributed by atoms with van der Waals surface area (Å²) in [6.07, 6.45) is 6.25. The van der Waals surface area contributed by atoms with E-state index >= 15 is 0 Å². The fraction of sp³-hybridized carbons (Fsp3) is 0.737. The summed E-state index contributed by atoms with van der Waals surface area (Å²) in [5, 5.41) is 3.52. The number of hydrogen-bond donors (Lipinski definition) is 1. The fourth-order valence-electron chi connectivity index (χ4n) is 3.25. The quantitative estimate of drug-likeness (QED) is 0.772. The van der Waals surface area contributed by atoms with Gasteiger partial charge in [0.2, 0.25) is 0 Å². The summed E-state index contributed by atoms with van der Waals surface area (Å²) in [6.45, 7) is 11.6. The van der Waals surface area contributed by atoms with Crippen molar-refractivity contribution in [2.24, 2.45) is 0 Å². The predicted molar refractivity (Wildman–Crippen MR) is 97.0 cm³/mol. The molecule has 0 radical (unpaired) electrons. The van der Waals surface area contributed by atoms with Crippen molar-refractivity contribution in [2.75, 3.05) is 13.1 Å². The molecule has 0 bridgehead atoms. The fourth-order valence-corrected chi connectivity index (χ4v) is 3.25. The molecule has 0 aromatic carbocycles. The zero-order valence-electron chi connectivity index (χ0n) is 15.7. The zero-order chi connectivity index (χ0) is 17.6. The molecule has 5 nitrogen and oxygen atoms in total. The van der Waals surface area contributed by atoms with E-state index < -0.39 is 5.60 Å². The van der Waals surface area contributed by atoms with Gasteiger partial charge in [0, 0.05) is 37.6 Å². The lowest BCUT2D eigenvalue weighted by molar-refractivity contribution is 0.0220. The zero-order valence-corrected chi connectivity index (χ0v) is 15.7. The molecule has 1 unspecified atom stereocenters. The molecule has 2 rings (SSSR count). The lowest BCUT2D eigenvalue weighted by Gasteiger charge is -2.28. The summed E-state index contributed by atoms with van der Waals surface area (Å²) in [4.78, 5) is 14.2. The van der Waals surface area contributed by atoms with Gasteiger partial charge in [-0.1, -0.05) is 6.92 Å². The van der Waals surface area contributed by atoms with Crippen LogP contribution in [0.2, 0.25) is 0 Å². The highest BCUT2D eigenvalue weighted by Crippen LogP contribution is 2.22. The number of carbonyl (C=O) groups excluding carboxylic acids is 1. The van der Waals surface area contributed by atoms with E-state index in [1.54, 1.807) is 0 Å². The monoisotopic (exact) mass is 335 g/mol. The van der Waals surface area contributed by atoms with Gasteiger partial charge in [0.25, 0.3) is 0 Å². The van der Waals surface area contributed by atoms with E-state index in [0.717, 1.165) is 51.9 Å². The van der Waals surface area contributed by atoms with E-state index in [1.807, 2.05) is 25.7 Å². The average Bonchev–Trinajstić information content (AvgIpc) is 3.11. The van der Waals surface area contributed by atoms with Gasteiger partial charge in [-0.2, -0.15) is 0 Å². The van der Waals surface area contributed by atoms with Crippen LogP contribution in [-0.2, 0) is 17.8 Å². The third kappa shape index (κ3) is 5.55. The van der Waals surface area contributed by atoms with Crippen molar-refractivity contribution < 1.29 is 9.53 Å². The molecule has 5 heteroatoms. The molecular formula is C19H33N3O2. The molecule has 1 aromatic rings. The Balaban J connectivity index is 1.75. The summed E-state index contributed by atoms with van der Waals surface area (Å²) in [7, 11) is 0. The largest absolute Gasteiger partial charge is 0.444 e. The van der Waals surface area contributed by atoms with Crippen molar-refractivity contribution in [1.29, 1.82) is 0 Å². The van der Waals surface area contributed by atoms with E-state index in [9.17, 15) is 4.79 Å². The van der Waals surface area contributed by atoms with Gasteiger partial charge in [-0.3, -0.25) is 0 Å². The Morgan fingerprint density at radius 1 is 1.42 bits per heavy atom. The first kappa shape index (κ1) is 18.8. The van der Waals surface area contributed by atoms with Crippen LogP contribution < -0.4 is 5.32 Å². The van der Waals surface area contributed by atoms with Gasteiger partial charge in [0.15, 0.2) is 0 Å². The van der Waals surface area contributed by atoms with Crippen LogP contribution in [0, 0.1) is 0 Å². The van der Waals surface area contributed by atoms with Crippen molar-refractivity contribution in [3.05, 3.63) is 24.0 Å². The van der Waals surface area contributed by atoms with Gasteiger partial charge in [-0.15, -0.1) is 0 Å². The second kappa shape index (κ2) is 8.56. The van der Waals surface area contributed by atoms with E-state index in [4.69, 9.17) is 4.74 Å². The maximum Gasteiger partial charge on any atom is 0.410 e. The van der Waals surface area contributed by atoms with Crippen molar-refractivity contribution in [3.8, 4) is 0 Å². The number of nitrogens with one attached hydrogen (secondary N) is 1. The van der Waals surface area contributed by atoms with Crippen LogP contribution in [0.3, 0.4) is 0 Å². The third-order valence-corrected chi connectivity index (χ3v) is 4.35. The Kier molecular flexibility index (Phi) is 6.72. The summed E-state index contributed by atoms with van der Waals surface area (Å²) >= 11 is 0. The second-order valence-electron chi connectivity index (χ2n) is 7.63. The van der Waals surface area contributed by atoms with Crippen LogP contribution in [0.15, 0.2) is 18.3 Å². The number of amides is 1. The number of aromatic nitrogens is 1. The molecule has 1 fully saturated rings. The van der Waals surface area contributed by atoms with Crippen LogP contribution in [-0.4, -0.2) is 40.3 Å². The smallest absolute Gasteiger partial charge is 0.410 e. The molecule has 2 heterocycles. The van der Waals surface area contributed by atoms with Crippen molar-refractivity contribution in [3.63, 3.8) is 0 Å². The number of likely N-dealkylation sites (tertiary alicyclic amines) is 1. The van der Waals surface area contributed by atoms with Gasteiger partial charge in [-0.25, -0.2) is 4.79 Å².